The highest BCUT2D eigenvalue weighted by molar-refractivity contribution is 8.26. The van der Waals surface area contributed by atoms with Crippen molar-refractivity contribution in [1.29, 1.82) is 0 Å². The number of hydrogen-bond acceptors (Lipinski definition) is 8. The predicted octanol–water partition coefficient (Wildman–Crippen LogP) is 5.68. The molecule has 2 heterocycles. The van der Waals surface area contributed by atoms with E-state index in [1.165, 1.54) is 34.2 Å². The highest BCUT2D eigenvalue weighted by atomic mass is 32.2. The first-order chi connectivity index (χ1) is 17.9. The van der Waals surface area contributed by atoms with Gasteiger partial charge in [0.1, 0.15) is 4.32 Å². The van der Waals surface area contributed by atoms with E-state index in [0.717, 1.165) is 16.9 Å². The highest BCUT2D eigenvalue weighted by Crippen LogP contribution is 2.35. The van der Waals surface area contributed by atoms with E-state index in [2.05, 4.69) is 35.4 Å². The molecule has 1 aliphatic heterocycles. The number of hydrogen-bond donors (Lipinski definition) is 1. The number of ether oxygens (including phenoxy) is 2. The number of carbonyl (C=O) groups excluding carboxylic acids is 2. The molecule has 192 valence electrons. The molecule has 1 N–H and O–H groups in total. The number of thiocarbonyl (C=S) groups is 1. The van der Waals surface area contributed by atoms with E-state index < -0.39 is 0 Å². The number of aryl methyl sites for hydroxylation is 1. The second kappa shape index (κ2) is 12.4. The van der Waals surface area contributed by atoms with Crippen LogP contribution in [0.5, 0.6) is 11.5 Å². The Morgan fingerprint density at radius 3 is 2.73 bits per heavy atom. The molecule has 7 nitrogen and oxygen atoms in total. The molecule has 0 spiro atoms. The first-order valence-electron chi connectivity index (χ1n) is 11.6. The number of nitrogens with zero attached hydrogens (tertiary/aromatic N) is 2. The van der Waals surface area contributed by atoms with Gasteiger partial charge in [0, 0.05) is 30.5 Å². The lowest BCUT2D eigenvalue weighted by Gasteiger charge is -2.13. The molecule has 1 aromatic heterocycles. The van der Waals surface area contributed by atoms with Crippen molar-refractivity contribution in [3.63, 3.8) is 0 Å². The lowest BCUT2D eigenvalue weighted by atomic mass is 10.1. The number of rotatable bonds is 10. The van der Waals surface area contributed by atoms with Gasteiger partial charge in [-0.2, -0.15) is 0 Å². The first-order valence-corrected chi connectivity index (χ1v) is 13.7. The number of methoxy groups -OCH3 is 2. The van der Waals surface area contributed by atoms with Crippen LogP contribution in [0.15, 0.2) is 53.6 Å². The van der Waals surface area contributed by atoms with Gasteiger partial charge in [-0.1, -0.05) is 59.9 Å². The van der Waals surface area contributed by atoms with Crippen molar-refractivity contribution in [3.05, 3.63) is 75.1 Å². The molecule has 10 heteroatoms. The monoisotopic (exact) mass is 553 g/mol. The molecule has 0 bridgehead atoms. The van der Waals surface area contributed by atoms with E-state index >= 15 is 0 Å². The van der Waals surface area contributed by atoms with Gasteiger partial charge in [-0.3, -0.25) is 14.5 Å². The zero-order valence-electron chi connectivity index (χ0n) is 20.8. The van der Waals surface area contributed by atoms with Crippen LogP contribution in [0.4, 0.5) is 5.13 Å². The zero-order valence-corrected chi connectivity index (χ0v) is 23.2. The summed E-state index contributed by atoms with van der Waals surface area (Å²) in [5.41, 5.74) is 3.24. The minimum atomic E-state index is -0.161. The topological polar surface area (TPSA) is 80.8 Å². The maximum absolute atomic E-state index is 12.9. The number of thiazole rings is 1. The maximum Gasteiger partial charge on any atom is 0.266 e. The fourth-order valence-corrected chi connectivity index (χ4v) is 6.01. The average molecular weight is 554 g/mol. The van der Waals surface area contributed by atoms with E-state index in [1.54, 1.807) is 43.5 Å². The molecular weight excluding hydrogens is 527 g/mol. The van der Waals surface area contributed by atoms with Gasteiger partial charge in [0.25, 0.3) is 5.91 Å². The summed E-state index contributed by atoms with van der Waals surface area (Å²) in [6, 6.07) is 13.8. The molecule has 4 rings (SSSR count). The minimum Gasteiger partial charge on any atom is -0.493 e. The molecule has 1 aliphatic rings. The van der Waals surface area contributed by atoms with Crippen LogP contribution < -0.4 is 14.8 Å². The second-order valence-corrected chi connectivity index (χ2v) is 11.2. The average Bonchev–Trinajstić information content (AvgIpc) is 3.42. The van der Waals surface area contributed by atoms with E-state index in [1.807, 2.05) is 12.1 Å². The Kier molecular flexibility index (Phi) is 8.96. The molecule has 1 saturated heterocycles. The fraction of sp³-hybridized carbons (Fsp3) is 0.259. The summed E-state index contributed by atoms with van der Waals surface area (Å²) in [5, 5.41) is 3.44. The minimum absolute atomic E-state index is 0.136. The Morgan fingerprint density at radius 1 is 1.16 bits per heavy atom. The van der Waals surface area contributed by atoms with Crippen LogP contribution in [-0.4, -0.2) is 46.8 Å². The van der Waals surface area contributed by atoms with Crippen LogP contribution >= 0.6 is 35.3 Å². The molecular formula is C27H27N3O4S3. The fourth-order valence-electron chi connectivity index (χ4n) is 3.84. The standard InChI is InChI=1S/C27H27N3O4S3/c1-17-6-4-7-18(12-17)13-20-16-28-26(36-20)29-24(31)8-5-11-30-25(32)23(37-27(30)35)15-19-9-10-21(33-2)22(14-19)34-3/h4,6-7,9-10,12,14-16H,5,8,11,13H2,1-3H3,(H,28,29,31)/b23-15-. The van der Waals surface area contributed by atoms with Gasteiger partial charge < -0.3 is 14.8 Å². The van der Waals surface area contributed by atoms with Crippen LogP contribution in [0.25, 0.3) is 6.08 Å². The molecule has 0 unspecified atom stereocenters. The lowest BCUT2D eigenvalue weighted by Crippen LogP contribution is -2.29. The number of carbonyl (C=O) groups is 2. The quantitative estimate of drug-likeness (QED) is 0.256. The van der Waals surface area contributed by atoms with Gasteiger partial charge in [0.15, 0.2) is 16.6 Å². The van der Waals surface area contributed by atoms with Crippen LogP contribution in [0.2, 0.25) is 0 Å². The molecule has 3 aromatic rings. The first kappa shape index (κ1) is 26.8. The number of anilines is 1. The number of benzene rings is 2. The Morgan fingerprint density at radius 2 is 1.97 bits per heavy atom. The summed E-state index contributed by atoms with van der Waals surface area (Å²) < 4.78 is 11.1. The van der Waals surface area contributed by atoms with Crippen molar-refractivity contribution in [3.8, 4) is 11.5 Å². The van der Waals surface area contributed by atoms with Gasteiger partial charge in [0.2, 0.25) is 5.91 Å². The summed E-state index contributed by atoms with van der Waals surface area (Å²) in [7, 11) is 3.14. The number of aromatic nitrogens is 1. The lowest BCUT2D eigenvalue weighted by molar-refractivity contribution is -0.122. The van der Waals surface area contributed by atoms with Gasteiger partial charge >= 0.3 is 0 Å². The largest absolute Gasteiger partial charge is 0.493 e. The Labute approximate surface area is 229 Å². The summed E-state index contributed by atoms with van der Waals surface area (Å²) in [6.45, 7) is 2.44. The summed E-state index contributed by atoms with van der Waals surface area (Å²) in [4.78, 5) is 32.9. The normalized spacial score (nSPS) is 14.4. The van der Waals surface area contributed by atoms with E-state index in [-0.39, 0.29) is 18.2 Å². The van der Waals surface area contributed by atoms with Crippen LogP contribution in [0.1, 0.15) is 34.4 Å². The Balaban J connectivity index is 1.27. The molecule has 2 amide bonds. The third-order valence-electron chi connectivity index (χ3n) is 5.63. The summed E-state index contributed by atoms with van der Waals surface area (Å²) in [5.74, 6) is 0.902. The number of thioether (sulfide) groups is 1. The Bertz CT molecular complexity index is 1350. The van der Waals surface area contributed by atoms with Crippen LogP contribution in [0.3, 0.4) is 0 Å². The third-order valence-corrected chi connectivity index (χ3v) is 7.92. The van der Waals surface area contributed by atoms with Gasteiger partial charge in [-0.05, 0) is 42.7 Å². The van der Waals surface area contributed by atoms with Gasteiger partial charge in [-0.25, -0.2) is 4.98 Å². The van der Waals surface area contributed by atoms with Crippen molar-refractivity contribution in [2.24, 2.45) is 0 Å². The SMILES string of the molecule is COc1ccc(/C=C2\SC(=S)N(CCCC(=O)Nc3ncc(Cc4cccc(C)c4)s3)C2=O)cc1OC. The maximum atomic E-state index is 12.9. The van der Waals surface area contributed by atoms with E-state index in [0.29, 0.717) is 38.8 Å². The number of amides is 2. The van der Waals surface area contributed by atoms with Crippen molar-refractivity contribution < 1.29 is 19.1 Å². The summed E-state index contributed by atoms with van der Waals surface area (Å²) in [6.07, 6.45) is 5.11. The molecule has 1 fully saturated rings. The molecule has 0 saturated carbocycles. The highest BCUT2D eigenvalue weighted by Gasteiger charge is 2.31. The molecule has 0 aliphatic carbocycles. The smallest absolute Gasteiger partial charge is 0.266 e. The van der Waals surface area contributed by atoms with Crippen LogP contribution in [-0.2, 0) is 16.0 Å². The van der Waals surface area contributed by atoms with E-state index in [9.17, 15) is 9.59 Å². The molecule has 0 radical (unpaired) electrons. The number of nitrogens with one attached hydrogen (secondary N) is 1. The van der Waals surface area contributed by atoms with Crippen LogP contribution in [0, 0.1) is 6.92 Å². The van der Waals surface area contributed by atoms with Crippen molar-refractivity contribution in [1.82, 2.24) is 9.88 Å². The van der Waals surface area contributed by atoms with Crippen molar-refractivity contribution in [2.75, 3.05) is 26.1 Å². The third kappa shape index (κ3) is 6.97. The van der Waals surface area contributed by atoms with Crippen molar-refractivity contribution >= 4 is 62.7 Å². The van der Waals surface area contributed by atoms with Gasteiger partial charge in [0.05, 0.1) is 19.1 Å². The zero-order chi connectivity index (χ0) is 26.4. The Hall–Kier alpha value is -3.21. The molecule has 0 atom stereocenters. The predicted molar refractivity (Wildman–Crippen MR) is 153 cm³/mol. The second-order valence-electron chi connectivity index (χ2n) is 8.40. The summed E-state index contributed by atoms with van der Waals surface area (Å²) >= 11 is 8.15. The van der Waals surface area contributed by atoms with Gasteiger partial charge in [-0.15, -0.1) is 11.3 Å². The van der Waals surface area contributed by atoms with Crippen molar-refractivity contribution in [2.45, 2.75) is 26.2 Å². The van der Waals surface area contributed by atoms with E-state index in [4.69, 9.17) is 21.7 Å². The molecule has 2 aromatic carbocycles. The molecule has 37 heavy (non-hydrogen) atoms.